The third-order valence-electron chi connectivity index (χ3n) is 1.30. The van der Waals surface area contributed by atoms with E-state index in [1.807, 2.05) is 6.92 Å². The Morgan fingerprint density at radius 3 is 2.82 bits per heavy atom. The molecule has 0 bridgehead atoms. The van der Waals surface area contributed by atoms with Crippen LogP contribution in [0.3, 0.4) is 0 Å². The minimum Gasteiger partial charge on any atom is -0.422 e. The summed E-state index contributed by atoms with van der Waals surface area (Å²) in [4.78, 5) is 3.95. The fourth-order valence-electron chi connectivity index (χ4n) is 0.677. The fourth-order valence-corrected chi connectivity index (χ4v) is 0.780. The minimum absolute atomic E-state index is 0.547. The van der Waals surface area contributed by atoms with Crippen LogP contribution in [0.25, 0.3) is 0 Å². The monoisotopic (exact) mass is 171 g/mol. The highest BCUT2D eigenvalue weighted by molar-refractivity contribution is 6.63. The Kier molecular flexibility index (Phi) is 2.88. The maximum absolute atomic E-state index is 9.03. The van der Waals surface area contributed by atoms with Gasteiger partial charge in [0.05, 0.1) is 0 Å². The van der Waals surface area contributed by atoms with E-state index in [4.69, 9.17) is 16.9 Å². The van der Waals surface area contributed by atoms with Gasteiger partial charge in [-0.05, 0) is 13.0 Å². The zero-order valence-electron chi connectivity index (χ0n) is 5.99. The smallest absolute Gasteiger partial charge is 0.422 e. The zero-order chi connectivity index (χ0) is 8.27. The average Bonchev–Trinajstić information content (AvgIpc) is 2.05. The lowest BCUT2D eigenvalue weighted by Gasteiger charge is -1.99. The highest BCUT2D eigenvalue weighted by Gasteiger charge is 2.15. The maximum Gasteiger partial charge on any atom is 0.509 e. The van der Waals surface area contributed by atoms with Crippen LogP contribution in [0, 0.1) is 6.92 Å². The highest BCUT2D eigenvalue weighted by atomic mass is 35.5. The second-order valence-electron chi connectivity index (χ2n) is 2.17. The van der Waals surface area contributed by atoms with Gasteiger partial charge < -0.3 is 9.23 Å². The summed E-state index contributed by atoms with van der Waals surface area (Å²) in [6.45, 7) is 1.86. The SMILES string of the molecule is Cc1ccc(B(O)OCl)cn1. The van der Waals surface area contributed by atoms with Crippen LogP contribution < -0.4 is 5.46 Å². The van der Waals surface area contributed by atoms with Crippen molar-refractivity contribution in [3.63, 3.8) is 0 Å². The van der Waals surface area contributed by atoms with Gasteiger partial charge in [0, 0.05) is 29.2 Å². The number of hydrogen-bond acceptors (Lipinski definition) is 3. The zero-order valence-corrected chi connectivity index (χ0v) is 6.75. The Morgan fingerprint density at radius 2 is 2.36 bits per heavy atom. The van der Waals surface area contributed by atoms with Crippen LogP contribution in [0.15, 0.2) is 18.3 Å². The third-order valence-corrected chi connectivity index (χ3v) is 1.47. The first kappa shape index (κ1) is 8.52. The molecule has 1 aromatic heterocycles. The molecule has 0 fully saturated rings. The van der Waals surface area contributed by atoms with Crippen molar-refractivity contribution in [2.24, 2.45) is 0 Å². The lowest BCUT2D eigenvalue weighted by Crippen LogP contribution is -2.31. The van der Waals surface area contributed by atoms with E-state index < -0.39 is 7.12 Å². The van der Waals surface area contributed by atoms with Gasteiger partial charge in [-0.25, -0.2) is 0 Å². The van der Waals surface area contributed by atoms with Crippen molar-refractivity contribution in [2.45, 2.75) is 6.92 Å². The third kappa shape index (κ3) is 2.18. The Morgan fingerprint density at radius 1 is 1.64 bits per heavy atom. The predicted molar refractivity (Wildman–Crippen MR) is 43.5 cm³/mol. The molecule has 0 unspecified atom stereocenters. The average molecular weight is 171 g/mol. The molecule has 0 aromatic carbocycles. The second kappa shape index (κ2) is 3.71. The lowest BCUT2D eigenvalue weighted by atomic mass is 9.82. The summed E-state index contributed by atoms with van der Waals surface area (Å²) in [7, 11) is -1.09. The molecule has 3 nitrogen and oxygen atoms in total. The summed E-state index contributed by atoms with van der Waals surface area (Å²) < 4.78 is 4.16. The molecule has 58 valence electrons. The lowest BCUT2D eigenvalue weighted by molar-refractivity contribution is 0.457. The Labute approximate surface area is 70.3 Å². The van der Waals surface area contributed by atoms with E-state index in [2.05, 4.69) is 9.19 Å². The van der Waals surface area contributed by atoms with E-state index >= 15 is 0 Å². The minimum atomic E-state index is -1.09. The molecular weight excluding hydrogens is 164 g/mol. The van der Waals surface area contributed by atoms with Crippen LogP contribution in [0.2, 0.25) is 0 Å². The van der Waals surface area contributed by atoms with E-state index in [0.717, 1.165) is 5.69 Å². The van der Waals surface area contributed by atoms with E-state index in [1.54, 1.807) is 12.1 Å². The van der Waals surface area contributed by atoms with Gasteiger partial charge in [-0.2, -0.15) is 0 Å². The largest absolute Gasteiger partial charge is 0.509 e. The van der Waals surface area contributed by atoms with Gasteiger partial charge >= 0.3 is 7.12 Å². The molecule has 0 atom stereocenters. The van der Waals surface area contributed by atoms with Crippen molar-refractivity contribution in [3.05, 3.63) is 24.0 Å². The number of aryl methyl sites for hydroxylation is 1. The molecule has 11 heavy (non-hydrogen) atoms. The topological polar surface area (TPSA) is 42.4 Å². The van der Waals surface area contributed by atoms with Gasteiger partial charge in [-0.3, -0.25) is 4.98 Å². The number of halogens is 1. The molecule has 1 heterocycles. The molecule has 0 saturated carbocycles. The summed E-state index contributed by atoms with van der Waals surface area (Å²) in [6, 6.07) is 3.48. The summed E-state index contributed by atoms with van der Waals surface area (Å²) in [5, 5.41) is 9.03. The molecule has 0 aliphatic rings. The molecule has 0 radical (unpaired) electrons. The van der Waals surface area contributed by atoms with Gasteiger partial charge in [-0.15, -0.1) is 0 Å². The van der Waals surface area contributed by atoms with Crippen LogP contribution in [0.5, 0.6) is 0 Å². The van der Waals surface area contributed by atoms with Crippen molar-refractivity contribution in [3.8, 4) is 0 Å². The van der Waals surface area contributed by atoms with Crippen LogP contribution in [0.4, 0.5) is 0 Å². The first-order valence-corrected chi connectivity index (χ1v) is 3.43. The summed E-state index contributed by atoms with van der Waals surface area (Å²) in [6.07, 6.45) is 1.52. The van der Waals surface area contributed by atoms with Gasteiger partial charge in [-0.1, -0.05) is 6.07 Å². The predicted octanol–water partition coefficient (Wildman–Crippen LogP) is 0.248. The van der Waals surface area contributed by atoms with Crippen LogP contribution in [-0.4, -0.2) is 17.1 Å². The summed E-state index contributed by atoms with van der Waals surface area (Å²) >= 11 is 4.95. The first-order chi connectivity index (χ1) is 5.24. The summed E-state index contributed by atoms with van der Waals surface area (Å²) in [5.74, 6) is 0. The molecule has 0 spiro atoms. The van der Waals surface area contributed by atoms with Gasteiger partial charge in [0.15, 0.2) is 0 Å². The van der Waals surface area contributed by atoms with Crippen LogP contribution >= 0.6 is 11.9 Å². The Balaban J connectivity index is 2.81. The second-order valence-corrected chi connectivity index (χ2v) is 2.35. The van der Waals surface area contributed by atoms with Crippen molar-refractivity contribution in [1.82, 2.24) is 4.98 Å². The van der Waals surface area contributed by atoms with Crippen molar-refractivity contribution in [2.75, 3.05) is 0 Å². The van der Waals surface area contributed by atoms with Crippen LogP contribution in [0.1, 0.15) is 5.69 Å². The highest BCUT2D eigenvalue weighted by Crippen LogP contribution is 1.91. The number of nitrogens with zero attached hydrogens (tertiary/aromatic N) is 1. The molecule has 0 amide bonds. The molecule has 1 N–H and O–H groups in total. The number of aromatic nitrogens is 1. The molecule has 0 aliphatic heterocycles. The van der Waals surface area contributed by atoms with Gasteiger partial charge in [0.1, 0.15) is 0 Å². The number of rotatable bonds is 2. The maximum atomic E-state index is 9.03. The van der Waals surface area contributed by atoms with Crippen molar-refractivity contribution < 1.29 is 9.23 Å². The number of hydrogen-bond donors (Lipinski definition) is 1. The molecule has 0 aliphatic carbocycles. The number of pyridine rings is 1. The molecule has 1 rings (SSSR count). The van der Waals surface area contributed by atoms with Crippen molar-refractivity contribution >= 4 is 24.4 Å². The molecule has 1 aromatic rings. The fraction of sp³-hybridized carbons (Fsp3) is 0.167. The standard InChI is InChI=1S/C6H7BClNO2/c1-5-2-3-6(4-9-5)7(10)11-8/h2-4,10H,1H3. The summed E-state index contributed by atoms with van der Waals surface area (Å²) in [5.41, 5.74) is 1.43. The van der Waals surface area contributed by atoms with Crippen LogP contribution in [-0.2, 0) is 4.21 Å². The Hall–Kier alpha value is -0.575. The quantitative estimate of drug-likeness (QED) is 0.649. The van der Waals surface area contributed by atoms with Crippen molar-refractivity contribution in [1.29, 1.82) is 0 Å². The Bertz CT molecular complexity index is 229. The van der Waals surface area contributed by atoms with E-state index in [9.17, 15) is 0 Å². The van der Waals surface area contributed by atoms with Gasteiger partial charge in [0.2, 0.25) is 0 Å². The van der Waals surface area contributed by atoms with E-state index in [1.165, 1.54) is 6.20 Å². The van der Waals surface area contributed by atoms with E-state index in [-0.39, 0.29) is 0 Å². The van der Waals surface area contributed by atoms with Gasteiger partial charge in [0.25, 0.3) is 0 Å². The first-order valence-electron chi connectivity index (χ1n) is 3.12. The molecular formula is C6H7BClNO2. The molecule has 5 heteroatoms. The van der Waals surface area contributed by atoms with E-state index in [0.29, 0.717) is 5.46 Å². The molecule has 0 saturated heterocycles. The normalized spacial score (nSPS) is 9.73.